The molecule has 3 N–H and O–H groups in total. The summed E-state index contributed by atoms with van der Waals surface area (Å²) < 4.78 is 40.4. The summed E-state index contributed by atoms with van der Waals surface area (Å²) in [4.78, 5) is 15.0. The summed E-state index contributed by atoms with van der Waals surface area (Å²) in [6.07, 6.45) is 8.42. The van der Waals surface area contributed by atoms with Crippen molar-refractivity contribution >= 4 is 17.3 Å². The molecule has 1 atom stereocenters. The molecule has 1 aliphatic rings. The maximum Gasteiger partial charge on any atom is 0.415 e. The predicted molar refractivity (Wildman–Crippen MR) is 163 cm³/mol. The van der Waals surface area contributed by atoms with Crippen LogP contribution in [0.4, 0.5) is 24.5 Å². The molecule has 41 heavy (non-hydrogen) atoms. The molecule has 4 nitrogen and oxygen atoms in total. The van der Waals surface area contributed by atoms with Gasteiger partial charge in [0.1, 0.15) is 5.70 Å². The van der Waals surface area contributed by atoms with Gasteiger partial charge in [0.25, 0.3) is 5.91 Å². The Kier molecular flexibility index (Phi) is 10.6. The van der Waals surface area contributed by atoms with Crippen LogP contribution in [0, 0.1) is 5.92 Å². The van der Waals surface area contributed by atoms with Gasteiger partial charge in [-0.05, 0) is 72.7 Å². The van der Waals surface area contributed by atoms with Gasteiger partial charge in [-0.3, -0.25) is 4.79 Å². The number of rotatable bonds is 13. The number of likely N-dealkylation sites (N-methyl/N-ethyl adjacent to an activating group) is 1. The van der Waals surface area contributed by atoms with Gasteiger partial charge in [-0.15, -0.1) is 0 Å². The first kappa shape index (κ1) is 31.7. The zero-order valence-electron chi connectivity index (χ0n) is 24.1. The van der Waals surface area contributed by atoms with Crippen LogP contribution in [-0.4, -0.2) is 19.1 Å². The van der Waals surface area contributed by atoms with Crippen molar-refractivity contribution in [3.05, 3.63) is 120 Å². The van der Waals surface area contributed by atoms with Crippen LogP contribution in [0.5, 0.6) is 0 Å². The molecular weight excluding hydrogens is 523 g/mol. The molecule has 0 radical (unpaired) electrons. The molecule has 2 aromatic rings. The molecule has 0 aromatic heterocycles. The minimum Gasteiger partial charge on any atom is -0.340 e. The number of allylic oxidation sites excluding steroid dienone is 7. The minimum atomic E-state index is -4.69. The summed E-state index contributed by atoms with van der Waals surface area (Å²) in [5.74, 6) is 0.0361. The van der Waals surface area contributed by atoms with Crippen molar-refractivity contribution in [3.63, 3.8) is 0 Å². The maximum absolute atomic E-state index is 13.6. The monoisotopic (exact) mass is 563 g/mol. The van der Waals surface area contributed by atoms with Crippen LogP contribution < -0.4 is 16.0 Å². The summed E-state index contributed by atoms with van der Waals surface area (Å²) in [6.45, 7) is 11.6. The second kappa shape index (κ2) is 13.7. The van der Waals surface area contributed by atoms with Crippen LogP contribution in [0.3, 0.4) is 0 Å². The van der Waals surface area contributed by atoms with Gasteiger partial charge in [0.2, 0.25) is 0 Å². The van der Waals surface area contributed by atoms with Gasteiger partial charge in [-0.1, -0.05) is 81.5 Å². The fourth-order valence-electron chi connectivity index (χ4n) is 4.76. The van der Waals surface area contributed by atoms with Crippen molar-refractivity contribution in [2.75, 3.05) is 17.3 Å². The number of nitrogens with zero attached hydrogens (tertiary/aromatic N) is 1. The smallest absolute Gasteiger partial charge is 0.340 e. The van der Waals surface area contributed by atoms with Crippen LogP contribution in [0.15, 0.2) is 109 Å². The summed E-state index contributed by atoms with van der Waals surface area (Å²) in [5.41, 5.74) is 7.88. The predicted octanol–water partition coefficient (Wildman–Crippen LogP) is 8.36. The summed E-state index contributed by atoms with van der Waals surface area (Å²) in [6, 6.07) is 14.5. The third kappa shape index (κ3) is 8.33. The highest BCUT2D eigenvalue weighted by molar-refractivity contribution is 6.06. The Balaban J connectivity index is 1.99. The largest absolute Gasteiger partial charge is 0.415 e. The van der Waals surface area contributed by atoms with Crippen molar-refractivity contribution in [3.8, 4) is 0 Å². The van der Waals surface area contributed by atoms with Crippen molar-refractivity contribution in [2.45, 2.75) is 57.7 Å². The van der Waals surface area contributed by atoms with Crippen molar-refractivity contribution < 1.29 is 18.0 Å². The number of carbonyl (C=O) groups is 1. The number of anilines is 2. The van der Waals surface area contributed by atoms with Gasteiger partial charge >= 0.3 is 6.18 Å². The molecular formula is C34H40F3N3O. The Labute approximate surface area is 241 Å². The van der Waals surface area contributed by atoms with Crippen molar-refractivity contribution in [1.82, 2.24) is 0 Å². The van der Waals surface area contributed by atoms with E-state index in [2.05, 4.69) is 31.5 Å². The number of nitrogens with one attached hydrogen (secondary N) is 1. The molecule has 0 aliphatic heterocycles. The zero-order chi connectivity index (χ0) is 30.2. The van der Waals surface area contributed by atoms with Gasteiger partial charge < -0.3 is 16.0 Å². The lowest BCUT2D eigenvalue weighted by molar-refractivity contribution is -0.112. The van der Waals surface area contributed by atoms with Crippen LogP contribution in [-0.2, 0) is 16.8 Å². The van der Waals surface area contributed by atoms with Crippen molar-refractivity contribution in [2.24, 2.45) is 11.7 Å². The first-order valence-electron chi connectivity index (χ1n) is 13.8. The highest BCUT2D eigenvalue weighted by Crippen LogP contribution is 2.43. The average Bonchev–Trinajstić information content (AvgIpc) is 3.79. The van der Waals surface area contributed by atoms with Gasteiger partial charge in [0.05, 0.1) is 5.57 Å². The molecule has 218 valence electrons. The van der Waals surface area contributed by atoms with Crippen LogP contribution in [0.2, 0.25) is 0 Å². The van der Waals surface area contributed by atoms with E-state index >= 15 is 0 Å². The fraction of sp³-hybridized carbons (Fsp3) is 0.324. The maximum atomic E-state index is 13.6. The van der Waals surface area contributed by atoms with Crippen LogP contribution in [0.25, 0.3) is 0 Å². The standard InChI is InChI=1S/C34H40F3N3O/c1-6-8-12-27(7-2)33(4,19-18-25-16-17-25)28-13-10-14-29(22-28)39-32(41)31(20-24(3)34(35,36)37)40(5)30-15-9-11-26(21-30)23-38/h6-15,20-22,25H,2-3,16-19,23,38H2,1,4-5H3,(H,39,41)/b8-6-,27-12+,31-20-. The molecule has 1 saturated carbocycles. The summed E-state index contributed by atoms with van der Waals surface area (Å²) in [5, 5.41) is 2.83. The van der Waals surface area contributed by atoms with Crippen LogP contribution in [0.1, 0.15) is 50.7 Å². The molecule has 0 spiro atoms. The van der Waals surface area contributed by atoms with Crippen LogP contribution >= 0.6 is 0 Å². The number of hydrogen-bond donors (Lipinski definition) is 2. The Morgan fingerprint density at radius 2 is 1.88 bits per heavy atom. The second-order valence-electron chi connectivity index (χ2n) is 10.7. The van der Waals surface area contributed by atoms with Gasteiger partial charge in [0, 0.05) is 30.4 Å². The first-order chi connectivity index (χ1) is 19.4. The number of amides is 1. The highest BCUT2D eigenvalue weighted by Gasteiger charge is 2.34. The average molecular weight is 564 g/mol. The Hall–Kier alpha value is -3.84. The van der Waals surface area contributed by atoms with Crippen molar-refractivity contribution in [1.29, 1.82) is 0 Å². The second-order valence-corrected chi connectivity index (χ2v) is 10.7. The van der Waals surface area contributed by atoms with Gasteiger partial charge in [-0.25, -0.2) is 0 Å². The third-order valence-electron chi connectivity index (χ3n) is 7.63. The molecule has 0 saturated heterocycles. The molecule has 1 aliphatic carbocycles. The molecule has 0 bridgehead atoms. The number of alkyl halides is 3. The summed E-state index contributed by atoms with van der Waals surface area (Å²) in [7, 11) is 1.54. The van der Waals surface area contributed by atoms with Gasteiger partial charge in [0.15, 0.2) is 0 Å². The first-order valence-corrected chi connectivity index (χ1v) is 13.8. The third-order valence-corrected chi connectivity index (χ3v) is 7.63. The molecule has 1 fully saturated rings. The van der Waals surface area contributed by atoms with E-state index in [1.54, 1.807) is 31.3 Å². The SMILES string of the molecule is C=C/C(=C\C=C/C)C(C)(CCC1CC1)c1cccc(NC(=O)/C(=C/C(=C)C(F)(F)F)N(C)c2cccc(CN)c2)c1. The van der Waals surface area contributed by atoms with E-state index in [-0.39, 0.29) is 17.7 Å². The van der Waals surface area contributed by atoms with E-state index < -0.39 is 17.7 Å². The summed E-state index contributed by atoms with van der Waals surface area (Å²) >= 11 is 0. The lowest BCUT2D eigenvalue weighted by Crippen LogP contribution is -2.29. The molecule has 3 rings (SSSR count). The number of benzene rings is 2. The lowest BCUT2D eigenvalue weighted by atomic mass is 9.71. The Morgan fingerprint density at radius 1 is 1.17 bits per heavy atom. The molecule has 0 heterocycles. The zero-order valence-corrected chi connectivity index (χ0v) is 24.1. The number of halogens is 3. The fourth-order valence-corrected chi connectivity index (χ4v) is 4.76. The van der Waals surface area contributed by atoms with E-state index in [1.807, 2.05) is 49.4 Å². The van der Waals surface area contributed by atoms with E-state index in [0.29, 0.717) is 11.4 Å². The van der Waals surface area contributed by atoms with E-state index in [9.17, 15) is 18.0 Å². The molecule has 1 amide bonds. The number of hydrogen-bond acceptors (Lipinski definition) is 3. The lowest BCUT2D eigenvalue weighted by Gasteiger charge is -2.32. The Bertz CT molecular complexity index is 1350. The molecule has 1 unspecified atom stereocenters. The van der Waals surface area contributed by atoms with Gasteiger partial charge in [-0.2, -0.15) is 13.2 Å². The highest BCUT2D eigenvalue weighted by atomic mass is 19.4. The van der Waals surface area contributed by atoms with E-state index in [4.69, 9.17) is 5.73 Å². The number of carbonyl (C=O) groups excluding carboxylic acids is 1. The number of nitrogens with two attached hydrogens (primary N) is 1. The topological polar surface area (TPSA) is 58.4 Å². The molecule has 7 heteroatoms. The van der Waals surface area contributed by atoms with E-state index in [1.165, 1.54) is 17.7 Å². The normalized spacial score (nSPS) is 15.9. The minimum absolute atomic E-state index is 0.205. The Morgan fingerprint density at radius 3 is 2.49 bits per heavy atom. The molecule has 2 aromatic carbocycles. The van der Waals surface area contributed by atoms with E-state index in [0.717, 1.165) is 41.5 Å². The quantitative estimate of drug-likeness (QED) is 0.190.